The van der Waals surface area contributed by atoms with Gasteiger partial charge in [-0.1, -0.05) is 62.4 Å². The molecule has 1 aromatic heterocycles. The van der Waals surface area contributed by atoms with Gasteiger partial charge in [0.05, 0.1) is 5.52 Å². The van der Waals surface area contributed by atoms with Gasteiger partial charge in [0.2, 0.25) is 5.75 Å². The molecule has 5 rings (SSSR count). The standard InChI is InChI=1S/C33H31NO4/c1-20(2)27-19-30(38-29-13-14-34-28-12-8-7-11-26(28)29)21(3)15-23(27)17-25-18-24(31(35)33(37)32(25)36)16-22-9-5-4-6-10-22/h4-15,18-20,35-37H,16-17H2,1-3H3. The van der Waals surface area contributed by atoms with Gasteiger partial charge < -0.3 is 20.1 Å². The lowest BCUT2D eigenvalue weighted by Crippen LogP contribution is -2.02. The fourth-order valence-electron chi connectivity index (χ4n) is 4.89. The number of hydrogen-bond donors (Lipinski definition) is 3. The quantitative estimate of drug-likeness (QED) is 0.197. The molecule has 1 heterocycles. The van der Waals surface area contributed by atoms with Crippen LogP contribution in [0.15, 0.2) is 85.1 Å². The molecule has 192 valence electrons. The summed E-state index contributed by atoms with van der Waals surface area (Å²) in [6.45, 7) is 6.24. The van der Waals surface area contributed by atoms with Crippen molar-refractivity contribution in [1.82, 2.24) is 4.98 Å². The Labute approximate surface area is 222 Å². The van der Waals surface area contributed by atoms with Crippen LogP contribution >= 0.6 is 0 Å². The predicted molar refractivity (Wildman–Crippen MR) is 151 cm³/mol. The second-order valence-corrected chi connectivity index (χ2v) is 9.98. The van der Waals surface area contributed by atoms with E-state index in [4.69, 9.17) is 4.74 Å². The third-order valence-electron chi connectivity index (χ3n) is 6.91. The van der Waals surface area contributed by atoms with Gasteiger partial charge in [0.15, 0.2) is 11.5 Å². The Morgan fingerprint density at radius 1 is 0.711 bits per heavy atom. The van der Waals surface area contributed by atoms with Crippen LogP contribution in [0.1, 0.15) is 53.1 Å². The Kier molecular flexibility index (Phi) is 6.93. The van der Waals surface area contributed by atoms with E-state index in [2.05, 4.69) is 31.0 Å². The minimum Gasteiger partial charge on any atom is -0.504 e. The molecule has 3 N–H and O–H groups in total. The van der Waals surface area contributed by atoms with E-state index in [0.29, 0.717) is 24.0 Å². The van der Waals surface area contributed by atoms with Crippen molar-refractivity contribution in [2.24, 2.45) is 0 Å². The molecule has 5 nitrogen and oxygen atoms in total. The van der Waals surface area contributed by atoms with E-state index in [1.807, 2.05) is 67.6 Å². The molecule has 0 aliphatic rings. The Hall–Kier alpha value is -4.51. The van der Waals surface area contributed by atoms with Crippen LogP contribution in [0.5, 0.6) is 28.7 Å². The zero-order chi connectivity index (χ0) is 26.8. The summed E-state index contributed by atoms with van der Waals surface area (Å²) in [4.78, 5) is 4.43. The number of aromatic hydroxyl groups is 3. The average molecular weight is 506 g/mol. The van der Waals surface area contributed by atoms with Crippen molar-refractivity contribution in [3.8, 4) is 28.7 Å². The van der Waals surface area contributed by atoms with Crippen LogP contribution in [0.3, 0.4) is 0 Å². The molecule has 0 saturated heterocycles. The average Bonchev–Trinajstić information content (AvgIpc) is 2.92. The van der Waals surface area contributed by atoms with Crippen LogP contribution < -0.4 is 4.74 Å². The van der Waals surface area contributed by atoms with Crippen LogP contribution in [0, 0.1) is 6.92 Å². The third kappa shape index (κ3) is 5.00. The van der Waals surface area contributed by atoms with Gasteiger partial charge in [0, 0.05) is 35.6 Å². The summed E-state index contributed by atoms with van der Waals surface area (Å²) in [5.41, 5.74) is 6.06. The van der Waals surface area contributed by atoms with Crippen molar-refractivity contribution in [2.75, 3.05) is 0 Å². The van der Waals surface area contributed by atoms with Gasteiger partial charge in [-0.3, -0.25) is 4.98 Å². The molecule has 0 aliphatic carbocycles. The Balaban J connectivity index is 1.51. The maximum atomic E-state index is 10.7. The van der Waals surface area contributed by atoms with Crippen LogP contribution in [0.25, 0.3) is 10.9 Å². The van der Waals surface area contributed by atoms with Gasteiger partial charge in [0.25, 0.3) is 0 Å². The zero-order valence-corrected chi connectivity index (χ0v) is 21.8. The normalized spacial score (nSPS) is 11.3. The Morgan fingerprint density at radius 2 is 1.39 bits per heavy atom. The number of pyridine rings is 1. The fourth-order valence-corrected chi connectivity index (χ4v) is 4.89. The summed E-state index contributed by atoms with van der Waals surface area (Å²) in [5, 5.41) is 32.7. The van der Waals surface area contributed by atoms with Crippen LogP contribution in [0.2, 0.25) is 0 Å². The number of ether oxygens (including phenoxy) is 1. The molecule has 38 heavy (non-hydrogen) atoms. The molecule has 0 unspecified atom stereocenters. The highest BCUT2D eigenvalue weighted by Gasteiger charge is 2.20. The number of benzene rings is 4. The summed E-state index contributed by atoms with van der Waals surface area (Å²) in [5.74, 6) is 0.627. The van der Waals surface area contributed by atoms with Crippen LogP contribution in [0.4, 0.5) is 0 Å². The zero-order valence-electron chi connectivity index (χ0n) is 21.8. The predicted octanol–water partition coefficient (Wildman–Crippen LogP) is 7.76. The molecule has 0 bridgehead atoms. The smallest absolute Gasteiger partial charge is 0.200 e. The molecule has 0 atom stereocenters. The first-order chi connectivity index (χ1) is 18.3. The monoisotopic (exact) mass is 505 g/mol. The molecular weight excluding hydrogens is 474 g/mol. The van der Waals surface area contributed by atoms with Crippen molar-refractivity contribution in [3.63, 3.8) is 0 Å². The highest BCUT2D eigenvalue weighted by molar-refractivity contribution is 5.85. The number of hydrogen-bond acceptors (Lipinski definition) is 5. The molecule has 0 radical (unpaired) electrons. The summed E-state index contributed by atoms with van der Waals surface area (Å²) in [7, 11) is 0. The van der Waals surface area contributed by atoms with E-state index in [1.54, 1.807) is 12.3 Å². The summed E-state index contributed by atoms with van der Waals surface area (Å²) in [6.07, 6.45) is 2.59. The van der Waals surface area contributed by atoms with E-state index < -0.39 is 5.75 Å². The van der Waals surface area contributed by atoms with Crippen molar-refractivity contribution < 1.29 is 20.1 Å². The molecule has 0 aliphatic heterocycles. The van der Waals surface area contributed by atoms with E-state index in [1.165, 1.54) is 0 Å². The largest absolute Gasteiger partial charge is 0.504 e. The van der Waals surface area contributed by atoms with E-state index >= 15 is 0 Å². The number of aromatic nitrogens is 1. The van der Waals surface area contributed by atoms with Crippen molar-refractivity contribution in [2.45, 2.75) is 39.5 Å². The highest BCUT2D eigenvalue weighted by Crippen LogP contribution is 2.43. The third-order valence-corrected chi connectivity index (χ3v) is 6.91. The lowest BCUT2D eigenvalue weighted by Gasteiger charge is -2.19. The SMILES string of the molecule is Cc1cc(Cc2cc(Cc3ccccc3)c(O)c(O)c2O)c(C(C)C)cc1Oc1ccnc2ccccc12. The molecule has 5 heteroatoms. The lowest BCUT2D eigenvalue weighted by atomic mass is 9.89. The summed E-state index contributed by atoms with van der Waals surface area (Å²) >= 11 is 0. The van der Waals surface area contributed by atoms with Gasteiger partial charge in [-0.2, -0.15) is 0 Å². The molecule has 0 spiro atoms. The fraction of sp³-hybridized carbons (Fsp3) is 0.182. The second kappa shape index (κ2) is 10.5. The first kappa shape index (κ1) is 25.2. The van der Waals surface area contributed by atoms with Crippen LogP contribution in [-0.4, -0.2) is 20.3 Å². The number of nitrogens with zero attached hydrogens (tertiary/aromatic N) is 1. The molecule has 0 fully saturated rings. The van der Waals surface area contributed by atoms with Gasteiger partial charge in [0.1, 0.15) is 11.5 Å². The van der Waals surface area contributed by atoms with Gasteiger partial charge >= 0.3 is 0 Å². The van der Waals surface area contributed by atoms with Crippen LogP contribution in [-0.2, 0) is 12.8 Å². The van der Waals surface area contributed by atoms with E-state index in [9.17, 15) is 15.3 Å². The lowest BCUT2D eigenvalue weighted by molar-refractivity contribution is 0.363. The van der Waals surface area contributed by atoms with Crippen molar-refractivity contribution in [1.29, 1.82) is 0 Å². The Bertz CT molecular complexity index is 1600. The van der Waals surface area contributed by atoms with E-state index in [0.717, 1.165) is 44.7 Å². The second-order valence-electron chi connectivity index (χ2n) is 9.98. The van der Waals surface area contributed by atoms with Gasteiger partial charge in [-0.05, 0) is 65.4 Å². The summed E-state index contributed by atoms with van der Waals surface area (Å²) < 4.78 is 6.40. The minimum absolute atomic E-state index is 0.193. The number of para-hydroxylation sites is 1. The highest BCUT2D eigenvalue weighted by atomic mass is 16.5. The molecule has 0 saturated carbocycles. The van der Waals surface area contributed by atoms with Gasteiger partial charge in [-0.15, -0.1) is 0 Å². The number of rotatable bonds is 7. The van der Waals surface area contributed by atoms with E-state index in [-0.39, 0.29) is 17.4 Å². The molecule has 0 amide bonds. The first-order valence-corrected chi connectivity index (χ1v) is 12.8. The topological polar surface area (TPSA) is 82.8 Å². The summed E-state index contributed by atoms with van der Waals surface area (Å²) in [6, 6.07) is 25.4. The number of phenolic OH excluding ortho intramolecular Hbond substituents is 3. The number of aryl methyl sites for hydroxylation is 1. The first-order valence-electron chi connectivity index (χ1n) is 12.8. The minimum atomic E-state index is -0.485. The number of fused-ring (bicyclic) bond motifs is 1. The van der Waals surface area contributed by atoms with Crippen molar-refractivity contribution >= 4 is 10.9 Å². The molecule has 4 aromatic carbocycles. The molecular formula is C33H31NO4. The van der Waals surface area contributed by atoms with Crippen molar-refractivity contribution in [3.05, 3.63) is 118 Å². The maximum absolute atomic E-state index is 10.7. The Morgan fingerprint density at radius 3 is 2.13 bits per heavy atom. The maximum Gasteiger partial charge on any atom is 0.200 e. The van der Waals surface area contributed by atoms with Gasteiger partial charge in [-0.25, -0.2) is 0 Å². The number of phenols is 3. The molecule has 5 aromatic rings.